The van der Waals surface area contributed by atoms with Crippen LogP contribution in [0.25, 0.3) is 11.3 Å². The molecule has 3 rings (SSSR count). The van der Waals surface area contributed by atoms with Crippen molar-refractivity contribution in [3.63, 3.8) is 0 Å². The van der Waals surface area contributed by atoms with Crippen molar-refractivity contribution in [2.45, 2.75) is 0 Å². The van der Waals surface area contributed by atoms with Crippen LogP contribution in [-0.4, -0.2) is 23.2 Å². The molecule has 1 amide bonds. The van der Waals surface area contributed by atoms with E-state index in [1.807, 2.05) is 0 Å². The van der Waals surface area contributed by atoms with Crippen molar-refractivity contribution in [2.24, 2.45) is 5.10 Å². The molecular formula is C19H11Cl3N2O4. The van der Waals surface area contributed by atoms with Gasteiger partial charge in [-0.15, -0.1) is 0 Å². The molecule has 0 aliphatic carbocycles. The van der Waals surface area contributed by atoms with Gasteiger partial charge in [-0.2, -0.15) is 5.10 Å². The van der Waals surface area contributed by atoms with Crippen LogP contribution in [0.2, 0.25) is 15.1 Å². The summed E-state index contributed by atoms with van der Waals surface area (Å²) in [6.45, 7) is 0. The minimum atomic E-state index is -1.14. The number of furan rings is 1. The second kappa shape index (κ2) is 8.48. The molecule has 0 bridgehead atoms. The molecule has 9 heteroatoms. The lowest BCUT2D eigenvalue weighted by Crippen LogP contribution is -2.17. The molecule has 0 atom stereocenters. The average Bonchev–Trinajstić information content (AvgIpc) is 3.10. The van der Waals surface area contributed by atoms with E-state index in [4.69, 9.17) is 44.3 Å². The van der Waals surface area contributed by atoms with Crippen LogP contribution in [0.3, 0.4) is 0 Å². The van der Waals surface area contributed by atoms with Gasteiger partial charge in [0.25, 0.3) is 5.91 Å². The number of hydrazone groups is 1. The third-order valence-electron chi connectivity index (χ3n) is 3.64. The molecule has 0 spiro atoms. The minimum Gasteiger partial charge on any atom is -0.478 e. The maximum Gasteiger partial charge on any atom is 0.337 e. The summed E-state index contributed by atoms with van der Waals surface area (Å²) in [6.07, 6.45) is 1.30. The highest BCUT2D eigenvalue weighted by Crippen LogP contribution is 2.26. The maximum absolute atomic E-state index is 12.1. The molecule has 2 N–H and O–H groups in total. The number of benzene rings is 2. The molecule has 0 unspecified atom stereocenters. The lowest BCUT2D eigenvalue weighted by molar-refractivity contribution is 0.0697. The molecular weight excluding hydrogens is 427 g/mol. The molecule has 3 aromatic rings. The highest BCUT2D eigenvalue weighted by Gasteiger charge is 2.13. The molecule has 0 saturated carbocycles. The zero-order valence-electron chi connectivity index (χ0n) is 13.9. The Hall–Kier alpha value is -2.80. The Morgan fingerprint density at radius 2 is 1.75 bits per heavy atom. The number of carboxylic acid groups (broad SMARTS) is 1. The van der Waals surface area contributed by atoms with E-state index in [0.717, 1.165) is 0 Å². The van der Waals surface area contributed by atoms with Crippen molar-refractivity contribution in [1.29, 1.82) is 0 Å². The molecule has 6 nitrogen and oxygen atoms in total. The summed E-state index contributed by atoms with van der Waals surface area (Å²) < 4.78 is 5.59. The van der Waals surface area contributed by atoms with Gasteiger partial charge in [0.05, 0.1) is 27.4 Å². The number of aromatic carboxylic acids is 1. The minimum absolute atomic E-state index is 0.0297. The fraction of sp³-hybridized carbons (Fsp3) is 0. The number of halogens is 3. The van der Waals surface area contributed by atoms with Crippen LogP contribution in [0.4, 0.5) is 0 Å². The van der Waals surface area contributed by atoms with Crippen molar-refractivity contribution in [2.75, 3.05) is 0 Å². The molecule has 28 heavy (non-hydrogen) atoms. The van der Waals surface area contributed by atoms with Gasteiger partial charge < -0.3 is 9.52 Å². The van der Waals surface area contributed by atoms with Crippen LogP contribution < -0.4 is 5.43 Å². The molecule has 0 aliphatic rings. The summed E-state index contributed by atoms with van der Waals surface area (Å²) in [5.74, 6) is -0.866. The van der Waals surface area contributed by atoms with Gasteiger partial charge in [-0.1, -0.05) is 34.8 Å². The van der Waals surface area contributed by atoms with Gasteiger partial charge in [0, 0.05) is 10.6 Å². The van der Waals surface area contributed by atoms with Gasteiger partial charge in [0.1, 0.15) is 11.5 Å². The van der Waals surface area contributed by atoms with Crippen LogP contribution in [0.15, 0.2) is 58.0 Å². The number of hydrogen-bond acceptors (Lipinski definition) is 4. The van der Waals surface area contributed by atoms with E-state index in [1.165, 1.54) is 30.5 Å². The van der Waals surface area contributed by atoms with Crippen molar-refractivity contribution in [1.82, 2.24) is 5.43 Å². The van der Waals surface area contributed by atoms with E-state index in [0.29, 0.717) is 22.1 Å². The molecule has 1 heterocycles. The van der Waals surface area contributed by atoms with Crippen LogP contribution in [0.5, 0.6) is 0 Å². The number of rotatable bonds is 5. The van der Waals surface area contributed by atoms with Crippen LogP contribution in [0, 0.1) is 0 Å². The molecule has 142 valence electrons. The highest BCUT2D eigenvalue weighted by molar-refractivity contribution is 6.36. The number of nitrogens with zero attached hydrogens (tertiary/aromatic N) is 1. The summed E-state index contributed by atoms with van der Waals surface area (Å²) in [7, 11) is 0. The summed E-state index contributed by atoms with van der Waals surface area (Å²) in [5.41, 5.74) is 3.07. The van der Waals surface area contributed by atoms with Crippen molar-refractivity contribution in [3.8, 4) is 11.3 Å². The number of amides is 1. The highest BCUT2D eigenvalue weighted by atomic mass is 35.5. The fourth-order valence-electron chi connectivity index (χ4n) is 2.31. The first kappa shape index (κ1) is 19.9. The molecule has 2 aromatic carbocycles. The monoisotopic (exact) mass is 436 g/mol. The lowest BCUT2D eigenvalue weighted by Gasteiger charge is -2.02. The average molecular weight is 438 g/mol. The zero-order chi connectivity index (χ0) is 20.3. The van der Waals surface area contributed by atoms with Crippen LogP contribution in [-0.2, 0) is 0 Å². The van der Waals surface area contributed by atoms with Crippen molar-refractivity contribution >= 4 is 52.9 Å². The molecule has 0 aliphatic heterocycles. The topological polar surface area (TPSA) is 91.9 Å². The predicted octanol–water partition coefficient (Wildman–Crippen LogP) is 5.37. The second-order valence-electron chi connectivity index (χ2n) is 5.53. The number of hydrogen-bond donors (Lipinski definition) is 2. The summed E-state index contributed by atoms with van der Waals surface area (Å²) in [4.78, 5) is 23.3. The molecule has 0 radical (unpaired) electrons. The van der Waals surface area contributed by atoms with Gasteiger partial charge in [-0.05, 0) is 48.5 Å². The Morgan fingerprint density at radius 1 is 0.964 bits per heavy atom. The smallest absolute Gasteiger partial charge is 0.337 e. The van der Waals surface area contributed by atoms with Gasteiger partial charge >= 0.3 is 5.97 Å². The number of carbonyl (C=O) groups is 2. The SMILES string of the molecule is O=C(O)c1cc(-c2ccc(/C=N\NC(=O)c3ccc(Cl)cc3Cl)o2)ccc1Cl. The maximum atomic E-state index is 12.1. The van der Waals surface area contributed by atoms with Crippen molar-refractivity contribution < 1.29 is 19.1 Å². The van der Waals surface area contributed by atoms with E-state index in [2.05, 4.69) is 10.5 Å². The molecule has 0 saturated heterocycles. The van der Waals surface area contributed by atoms with Crippen LogP contribution in [0.1, 0.15) is 26.5 Å². The third kappa shape index (κ3) is 4.54. The van der Waals surface area contributed by atoms with Crippen molar-refractivity contribution in [3.05, 3.63) is 80.5 Å². The summed E-state index contributed by atoms with van der Waals surface area (Å²) in [6, 6.07) is 12.3. The third-order valence-corrected chi connectivity index (χ3v) is 4.52. The van der Waals surface area contributed by atoms with E-state index in [1.54, 1.807) is 24.3 Å². The number of carboxylic acids is 1. The number of nitrogens with one attached hydrogen (secondary N) is 1. The first-order valence-electron chi connectivity index (χ1n) is 7.76. The van der Waals surface area contributed by atoms with Gasteiger partial charge in [-0.3, -0.25) is 4.79 Å². The Kier molecular flexibility index (Phi) is 6.04. The Labute approximate surface area is 174 Å². The molecule has 0 fully saturated rings. The van der Waals surface area contributed by atoms with Gasteiger partial charge in [0.2, 0.25) is 0 Å². The van der Waals surface area contributed by atoms with Crippen LogP contribution >= 0.6 is 34.8 Å². The lowest BCUT2D eigenvalue weighted by atomic mass is 10.1. The van der Waals surface area contributed by atoms with Gasteiger partial charge in [-0.25, -0.2) is 10.2 Å². The van der Waals surface area contributed by atoms with E-state index >= 15 is 0 Å². The van der Waals surface area contributed by atoms with E-state index < -0.39 is 11.9 Å². The quantitative estimate of drug-likeness (QED) is 0.415. The Morgan fingerprint density at radius 3 is 2.46 bits per heavy atom. The number of carbonyl (C=O) groups excluding carboxylic acids is 1. The second-order valence-corrected chi connectivity index (χ2v) is 6.78. The molecule has 1 aromatic heterocycles. The standard InChI is InChI=1S/C19H11Cl3N2O4/c20-11-2-4-13(16(22)8-11)18(25)24-23-9-12-3-6-17(28-12)10-1-5-15(21)14(7-10)19(26)27/h1-9H,(H,24,25)(H,26,27)/b23-9-. The first-order chi connectivity index (χ1) is 13.3. The largest absolute Gasteiger partial charge is 0.478 e. The Bertz CT molecular complexity index is 1090. The fourth-order valence-corrected chi connectivity index (χ4v) is 3.00. The van der Waals surface area contributed by atoms with E-state index in [9.17, 15) is 9.59 Å². The zero-order valence-corrected chi connectivity index (χ0v) is 16.2. The first-order valence-corrected chi connectivity index (χ1v) is 8.90. The normalized spacial score (nSPS) is 11.0. The Balaban J connectivity index is 1.72. The van der Waals surface area contributed by atoms with Gasteiger partial charge in [0.15, 0.2) is 0 Å². The predicted molar refractivity (Wildman–Crippen MR) is 108 cm³/mol. The summed E-state index contributed by atoms with van der Waals surface area (Å²) >= 11 is 17.6. The summed E-state index contributed by atoms with van der Waals surface area (Å²) in [5, 5.41) is 13.7. The van der Waals surface area contributed by atoms with E-state index in [-0.39, 0.29) is 21.2 Å².